The number of pyridine rings is 2. The minimum Gasteiger partial charge on any atom is -0.472 e. The zero-order valence-corrected chi connectivity index (χ0v) is 19.4. The van der Waals surface area contributed by atoms with Crippen LogP contribution >= 0.6 is 0 Å². The molecule has 0 radical (unpaired) electrons. The summed E-state index contributed by atoms with van der Waals surface area (Å²) in [4.78, 5) is 8.31. The van der Waals surface area contributed by atoms with Crippen molar-refractivity contribution in [2.45, 2.75) is 57.4 Å². The first-order valence-electron chi connectivity index (χ1n) is 11.7. The largest absolute Gasteiger partial charge is 0.472 e. The maximum Gasteiger partial charge on any atom is 0.250 e. The van der Waals surface area contributed by atoms with Crippen molar-refractivity contribution >= 4 is 16.7 Å². The fourth-order valence-electron chi connectivity index (χ4n) is 4.56. The van der Waals surface area contributed by atoms with Crippen LogP contribution in [0.5, 0.6) is 5.88 Å². The number of aliphatic hydroxyl groups is 2. The summed E-state index contributed by atoms with van der Waals surface area (Å²) in [5.74, 6) is 0.0554. The molecule has 10 nitrogen and oxygen atoms in total. The topological polar surface area (TPSA) is 137 Å². The Morgan fingerprint density at radius 3 is 2.80 bits per heavy atom. The van der Waals surface area contributed by atoms with E-state index in [1.54, 1.807) is 42.5 Å². The van der Waals surface area contributed by atoms with Crippen LogP contribution in [-0.4, -0.2) is 58.6 Å². The maximum atomic E-state index is 14.3. The molecule has 184 valence electrons. The Kier molecular flexibility index (Phi) is 6.35. The molecule has 4 N–H and O–H groups in total. The molecule has 1 saturated carbocycles. The van der Waals surface area contributed by atoms with Crippen molar-refractivity contribution in [2.24, 2.45) is 0 Å². The predicted octanol–water partition coefficient (Wildman–Crippen LogP) is 2.64. The first kappa shape index (κ1) is 23.2. The van der Waals surface area contributed by atoms with Crippen LogP contribution in [0, 0.1) is 12.7 Å². The van der Waals surface area contributed by atoms with Gasteiger partial charge in [-0.15, -0.1) is 0 Å². The van der Waals surface area contributed by atoms with Gasteiger partial charge in [-0.1, -0.05) is 0 Å². The van der Waals surface area contributed by atoms with Crippen molar-refractivity contribution in [1.29, 1.82) is 0 Å². The average molecular weight is 482 g/mol. The highest BCUT2D eigenvalue weighted by Gasteiger charge is 2.28. The van der Waals surface area contributed by atoms with Crippen LogP contribution in [0.25, 0.3) is 22.2 Å². The summed E-state index contributed by atoms with van der Waals surface area (Å²) in [6.45, 7) is 1.54. The van der Waals surface area contributed by atoms with Crippen molar-refractivity contribution in [3.63, 3.8) is 0 Å². The third-order valence-corrected chi connectivity index (χ3v) is 6.45. The summed E-state index contributed by atoms with van der Waals surface area (Å²) in [6, 6.07) is 3.56. The molecule has 1 fully saturated rings. The number of hydrogen-bond donors (Lipinski definition) is 3. The van der Waals surface area contributed by atoms with Gasteiger partial charge in [0.2, 0.25) is 0 Å². The summed E-state index contributed by atoms with van der Waals surface area (Å²) >= 11 is 0. The molecule has 4 heterocycles. The lowest BCUT2D eigenvalue weighted by atomic mass is 9.93. The maximum absolute atomic E-state index is 14.3. The van der Waals surface area contributed by atoms with Gasteiger partial charge in [0.25, 0.3) is 5.88 Å². The molecule has 35 heavy (non-hydrogen) atoms. The monoisotopic (exact) mass is 481 g/mol. The molecular weight excluding hydrogens is 453 g/mol. The van der Waals surface area contributed by atoms with E-state index < -0.39 is 11.9 Å². The van der Waals surface area contributed by atoms with Crippen molar-refractivity contribution in [1.82, 2.24) is 29.5 Å². The molecule has 0 unspecified atom stereocenters. The highest BCUT2D eigenvalue weighted by molar-refractivity contribution is 5.93. The molecule has 1 aliphatic rings. The van der Waals surface area contributed by atoms with Gasteiger partial charge in [0.1, 0.15) is 17.6 Å². The Balaban J connectivity index is 1.37. The Labute approximate surface area is 201 Å². The van der Waals surface area contributed by atoms with E-state index in [1.807, 2.05) is 10.7 Å². The fraction of sp³-hybridized carbons (Fsp3) is 0.417. The molecule has 4 aromatic rings. The number of nitrogen functional groups attached to an aromatic ring is 1. The number of nitrogens with zero attached hydrogens (tertiary/aromatic N) is 6. The van der Waals surface area contributed by atoms with E-state index in [1.165, 1.54) is 0 Å². The van der Waals surface area contributed by atoms with Crippen molar-refractivity contribution in [3.8, 4) is 17.1 Å². The van der Waals surface area contributed by atoms with E-state index in [4.69, 9.17) is 20.7 Å². The second-order valence-corrected chi connectivity index (χ2v) is 9.00. The van der Waals surface area contributed by atoms with Crippen molar-refractivity contribution in [3.05, 3.63) is 48.3 Å². The van der Waals surface area contributed by atoms with Gasteiger partial charge in [-0.2, -0.15) is 10.2 Å². The van der Waals surface area contributed by atoms with Crippen LogP contribution < -0.4 is 10.5 Å². The van der Waals surface area contributed by atoms with Gasteiger partial charge in [0.05, 0.1) is 37.0 Å². The smallest absolute Gasteiger partial charge is 0.250 e. The second kappa shape index (κ2) is 9.59. The number of fused-ring (bicyclic) bond motifs is 1. The molecule has 1 atom stereocenters. The van der Waals surface area contributed by atoms with E-state index in [2.05, 4.69) is 15.1 Å². The highest BCUT2D eigenvalue weighted by Crippen LogP contribution is 2.36. The lowest BCUT2D eigenvalue weighted by Gasteiger charge is -2.29. The summed E-state index contributed by atoms with van der Waals surface area (Å²) in [7, 11) is 0. The summed E-state index contributed by atoms with van der Waals surface area (Å²) in [5.41, 5.74) is 8.90. The van der Waals surface area contributed by atoms with Gasteiger partial charge in [-0.3, -0.25) is 9.36 Å². The number of hydrogen-bond acceptors (Lipinski definition) is 8. The van der Waals surface area contributed by atoms with E-state index in [0.717, 1.165) is 47.8 Å². The number of rotatable bonds is 7. The third-order valence-electron chi connectivity index (χ3n) is 6.45. The molecule has 0 saturated heterocycles. The number of nitrogens with two attached hydrogens (primary N) is 1. The lowest BCUT2D eigenvalue weighted by molar-refractivity contribution is 0.0783. The van der Waals surface area contributed by atoms with Gasteiger partial charge in [-0.25, -0.2) is 14.4 Å². The van der Waals surface area contributed by atoms with Gasteiger partial charge < -0.3 is 20.7 Å². The van der Waals surface area contributed by atoms with Crippen LogP contribution in [0.1, 0.15) is 37.3 Å². The van der Waals surface area contributed by atoms with E-state index >= 15 is 0 Å². The van der Waals surface area contributed by atoms with Crippen LogP contribution in [0.4, 0.5) is 10.2 Å². The number of anilines is 1. The highest BCUT2D eigenvalue weighted by atomic mass is 19.1. The number of aliphatic hydroxyl groups excluding tert-OH is 2. The molecule has 1 aliphatic carbocycles. The normalized spacial score (nSPS) is 19.2. The van der Waals surface area contributed by atoms with E-state index in [-0.39, 0.29) is 31.2 Å². The standard InChI is InChI=1S/C24H28FN7O3/c1-14-6-7-27-24(22(14)25)35-18-4-2-16(3-5-18)32-20-8-21(26)28-10-19(20)23(30-32)15-9-29-31(11-15)12-17(34)13-33/h6-11,16-18,33-34H,2-5,12-13H2,1H3,(H2,26,28)/t16?,17-,18?/m0/s1. The van der Waals surface area contributed by atoms with Gasteiger partial charge in [0, 0.05) is 35.6 Å². The van der Waals surface area contributed by atoms with Gasteiger partial charge in [0.15, 0.2) is 5.82 Å². The molecule has 0 spiro atoms. The van der Waals surface area contributed by atoms with Crippen LogP contribution in [-0.2, 0) is 6.54 Å². The summed E-state index contributed by atoms with van der Waals surface area (Å²) < 4.78 is 23.8. The van der Waals surface area contributed by atoms with Crippen LogP contribution in [0.3, 0.4) is 0 Å². The zero-order valence-electron chi connectivity index (χ0n) is 19.4. The Bertz CT molecular complexity index is 1330. The first-order chi connectivity index (χ1) is 16.9. The van der Waals surface area contributed by atoms with Gasteiger partial charge in [-0.05, 0) is 44.2 Å². The van der Waals surface area contributed by atoms with E-state index in [9.17, 15) is 9.50 Å². The molecule has 0 aliphatic heterocycles. The number of aromatic nitrogens is 6. The Morgan fingerprint density at radius 2 is 2.03 bits per heavy atom. The quantitative estimate of drug-likeness (QED) is 0.366. The van der Waals surface area contributed by atoms with Crippen molar-refractivity contribution in [2.75, 3.05) is 12.3 Å². The van der Waals surface area contributed by atoms with Gasteiger partial charge >= 0.3 is 0 Å². The zero-order chi connectivity index (χ0) is 24.5. The molecule has 5 rings (SSSR count). The number of ether oxygens (including phenoxy) is 1. The summed E-state index contributed by atoms with van der Waals surface area (Å²) in [6.07, 6.45) is 8.83. The third kappa shape index (κ3) is 4.69. The first-order valence-corrected chi connectivity index (χ1v) is 11.7. The number of aryl methyl sites for hydroxylation is 1. The van der Waals surface area contributed by atoms with Crippen LogP contribution in [0.15, 0.2) is 36.9 Å². The minimum atomic E-state index is -0.889. The molecule has 4 aromatic heterocycles. The molecular formula is C24H28FN7O3. The molecule has 11 heteroatoms. The summed E-state index contributed by atoms with van der Waals surface area (Å²) in [5, 5.41) is 28.9. The SMILES string of the molecule is Cc1ccnc(OC2CCC(n3nc(-c4cnn(C[C@H](O)CO)c4)c4cnc(N)cc43)CC2)c1F. The van der Waals surface area contributed by atoms with Crippen molar-refractivity contribution < 1.29 is 19.3 Å². The molecule has 0 aromatic carbocycles. The van der Waals surface area contributed by atoms with Crippen LogP contribution in [0.2, 0.25) is 0 Å². The predicted molar refractivity (Wildman–Crippen MR) is 127 cm³/mol. The Hall–Kier alpha value is -3.57. The van der Waals surface area contributed by atoms with E-state index in [0.29, 0.717) is 11.4 Å². The number of halogens is 1. The fourth-order valence-corrected chi connectivity index (χ4v) is 4.56. The average Bonchev–Trinajstić information content (AvgIpc) is 3.46. The lowest BCUT2D eigenvalue weighted by Crippen LogP contribution is -2.27. The molecule has 0 bridgehead atoms. The molecule has 0 amide bonds. The minimum absolute atomic E-state index is 0.0578. The second-order valence-electron chi connectivity index (χ2n) is 9.00. The Morgan fingerprint density at radius 1 is 1.23 bits per heavy atom.